The highest BCUT2D eigenvalue weighted by Crippen LogP contribution is 2.29. The molecule has 1 unspecified atom stereocenters. The van der Waals surface area contributed by atoms with Crippen LogP contribution in [0.15, 0.2) is 48.5 Å². The number of hydrogen-bond acceptors (Lipinski definition) is 4. The topological polar surface area (TPSA) is 39.5 Å². The molecular weight excluding hydrogens is 382 g/mol. The molecule has 2 aromatic rings. The van der Waals surface area contributed by atoms with Crippen molar-refractivity contribution in [1.82, 2.24) is 9.80 Å². The molecule has 2 aromatic carbocycles. The molecule has 0 N–H and O–H groups in total. The van der Waals surface area contributed by atoms with Gasteiger partial charge in [0.2, 0.25) is 0 Å². The first-order chi connectivity index (χ1) is 15.2. The molecule has 1 fully saturated rings. The van der Waals surface area contributed by atoms with Crippen molar-refractivity contribution in [2.24, 2.45) is 0 Å². The Balaban J connectivity index is 1.50. The number of ether oxygens (including phenoxy) is 1. The summed E-state index contributed by atoms with van der Waals surface area (Å²) in [5.41, 5.74) is 4.48. The van der Waals surface area contributed by atoms with E-state index in [1.165, 1.54) is 36.8 Å². The van der Waals surface area contributed by atoms with E-state index in [1.54, 1.807) is 0 Å². The van der Waals surface area contributed by atoms with Crippen LogP contribution in [0.3, 0.4) is 0 Å². The van der Waals surface area contributed by atoms with Crippen LogP contribution in [0.1, 0.15) is 60.9 Å². The molecule has 1 saturated heterocycles. The van der Waals surface area contributed by atoms with Gasteiger partial charge in [0.15, 0.2) is 0 Å². The standard InChI is InChI=1S/C27H37N3O/c1-3-4-6-11-27(25-12-13-26(21-28)23(2)20-25)30-16-14-29(15-17-30)18-19-31-22-24-9-7-5-8-10-24/h5,7-10,12-13,20,27H,3-4,6,11,14-19,22H2,1-2H3. The van der Waals surface area contributed by atoms with Gasteiger partial charge in [-0.2, -0.15) is 5.26 Å². The molecule has 1 heterocycles. The number of unbranched alkanes of at least 4 members (excludes halogenated alkanes) is 2. The molecule has 1 atom stereocenters. The molecule has 4 heteroatoms. The highest BCUT2D eigenvalue weighted by atomic mass is 16.5. The van der Waals surface area contributed by atoms with E-state index in [0.29, 0.717) is 12.6 Å². The van der Waals surface area contributed by atoms with Crippen molar-refractivity contribution in [1.29, 1.82) is 5.26 Å². The van der Waals surface area contributed by atoms with Crippen LogP contribution in [0, 0.1) is 18.3 Å². The van der Waals surface area contributed by atoms with Gasteiger partial charge in [-0.25, -0.2) is 0 Å². The minimum Gasteiger partial charge on any atom is -0.375 e. The minimum atomic E-state index is 0.453. The van der Waals surface area contributed by atoms with Crippen LogP contribution in [0.4, 0.5) is 0 Å². The molecule has 1 aliphatic heterocycles. The number of aryl methyl sites for hydroxylation is 1. The molecule has 0 radical (unpaired) electrons. The second kappa shape index (κ2) is 12.6. The van der Waals surface area contributed by atoms with Crippen LogP contribution in [-0.2, 0) is 11.3 Å². The highest BCUT2D eigenvalue weighted by molar-refractivity contribution is 5.40. The lowest BCUT2D eigenvalue weighted by Crippen LogP contribution is -2.48. The Hall–Kier alpha value is -2.19. The molecule has 1 aliphatic rings. The summed E-state index contributed by atoms with van der Waals surface area (Å²) in [5.74, 6) is 0. The van der Waals surface area contributed by atoms with Crippen molar-refractivity contribution < 1.29 is 4.74 Å². The monoisotopic (exact) mass is 419 g/mol. The van der Waals surface area contributed by atoms with E-state index in [9.17, 15) is 5.26 Å². The summed E-state index contributed by atoms with van der Waals surface area (Å²) in [6.07, 6.45) is 4.98. The van der Waals surface area contributed by atoms with E-state index < -0.39 is 0 Å². The van der Waals surface area contributed by atoms with Crippen molar-refractivity contribution in [2.75, 3.05) is 39.3 Å². The average molecular weight is 420 g/mol. The molecule has 0 aliphatic carbocycles. The summed E-state index contributed by atoms with van der Waals surface area (Å²) in [4.78, 5) is 5.17. The van der Waals surface area contributed by atoms with Gasteiger partial charge in [-0.1, -0.05) is 68.7 Å². The van der Waals surface area contributed by atoms with Crippen molar-refractivity contribution in [3.8, 4) is 6.07 Å². The van der Waals surface area contributed by atoms with Crippen LogP contribution in [0.25, 0.3) is 0 Å². The molecule has 31 heavy (non-hydrogen) atoms. The fourth-order valence-corrected chi connectivity index (χ4v) is 4.42. The third-order valence-corrected chi connectivity index (χ3v) is 6.35. The lowest BCUT2D eigenvalue weighted by Gasteiger charge is -2.39. The van der Waals surface area contributed by atoms with E-state index in [1.807, 2.05) is 12.1 Å². The Morgan fingerprint density at radius 2 is 1.81 bits per heavy atom. The molecule has 3 rings (SSSR count). The molecule has 4 nitrogen and oxygen atoms in total. The van der Waals surface area contributed by atoms with Gasteiger partial charge < -0.3 is 4.74 Å². The Bertz CT molecular complexity index is 822. The fraction of sp³-hybridized carbons (Fsp3) is 0.519. The van der Waals surface area contributed by atoms with Gasteiger partial charge in [0.1, 0.15) is 0 Å². The number of hydrogen-bond donors (Lipinski definition) is 0. The Morgan fingerprint density at radius 3 is 2.48 bits per heavy atom. The number of nitrogens with zero attached hydrogens (tertiary/aromatic N) is 3. The Morgan fingerprint density at radius 1 is 1.03 bits per heavy atom. The van der Waals surface area contributed by atoms with E-state index in [4.69, 9.17) is 4.74 Å². The predicted octanol–water partition coefficient (Wildman–Crippen LogP) is 5.32. The van der Waals surface area contributed by atoms with Crippen molar-refractivity contribution in [2.45, 2.75) is 52.2 Å². The van der Waals surface area contributed by atoms with Gasteiger partial charge in [0, 0.05) is 38.8 Å². The van der Waals surface area contributed by atoms with Crippen molar-refractivity contribution in [3.05, 3.63) is 70.8 Å². The smallest absolute Gasteiger partial charge is 0.0994 e. The number of benzene rings is 2. The first kappa shape index (κ1) is 23.5. The lowest BCUT2D eigenvalue weighted by molar-refractivity contribution is 0.0534. The number of rotatable bonds is 11. The Labute approximate surface area is 188 Å². The Kier molecular flexibility index (Phi) is 9.55. The average Bonchev–Trinajstić information content (AvgIpc) is 2.81. The number of piperazine rings is 1. The van der Waals surface area contributed by atoms with Crippen LogP contribution in [0.2, 0.25) is 0 Å². The zero-order chi connectivity index (χ0) is 21.9. The highest BCUT2D eigenvalue weighted by Gasteiger charge is 2.25. The zero-order valence-corrected chi connectivity index (χ0v) is 19.2. The van der Waals surface area contributed by atoms with Gasteiger partial charge in [0.05, 0.1) is 24.8 Å². The van der Waals surface area contributed by atoms with Gasteiger partial charge in [-0.3, -0.25) is 9.80 Å². The third-order valence-electron chi connectivity index (χ3n) is 6.35. The summed E-state index contributed by atoms with van der Waals surface area (Å²) in [6, 6.07) is 19.5. The van der Waals surface area contributed by atoms with Gasteiger partial charge >= 0.3 is 0 Å². The second-order valence-corrected chi connectivity index (χ2v) is 8.61. The van der Waals surface area contributed by atoms with Crippen molar-refractivity contribution >= 4 is 0 Å². The zero-order valence-electron chi connectivity index (χ0n) is 19.2. The van der Waals surface area contributed by atoms with E-state index in [-0.39, 0.29) is 0 Å². The van der Waals surface area contributed by atoms with E-state index >= 15 is 0 Å². The lowest BCUT2D eigenvalue weighted by atomic mass is 9.95. The van der Waals surface area contributed by atoms with Crippen LogP contribution in [-0.4, -0.2) is 49.1 Å². The fourth-order valence-electron chi connectivity index (χ4n) is 4.42. The number of nitriles is 1. The maximum Gasteiger partial charge on any atom is 0.0994 e. The van der Waals surface area contributed by atoms with Crippen LogP contribution < -0.4 is 0 Å². The van der Waals surface area contributed by atoms with E-state index in [0.717, 1.165) is 50.5 Å². The molecule has 166 valence electrons. The molecule has 0 aromatic heterocycles. The molecular formula is C27H37N3O. The minimum absolute atomic E-state index is 0.453. The normalized spacial score (nSPS) is 16.2. The third kappa shape index (κ3) is 7.18. The first-order valence-corrected chi connectivity index (χ1v) is 11.8. The molecule has 0 spiro atoms. The quantitative estimate of drug-likeness (QED) is 0.462. The molecule has 0 amide bonds. The SMILES string of the molecule is CCCCCC(c1ccc(C#N)c(C)c1)N1CCN(CCOCc2ccccc2)CC1. The molecule has 0 bridgehead atoms. The van der Waals surface area contributed by atoms with Gasteiger partial charge in [-0.15, -0.1) is 0 Å². The largest absolute Gasteiger partial charge is 0.375 e. The van der Waals surface area contributed by atoms with Crippen LogP contribution >= 0.6 is 0 Å². The molecule has 0 saturated carbocycles. The first-order valence-electron chi connectivity index (χ1n) is 11.8. The van der Waals surface area contributed by atoms with Gasteiger partial charge in [0.25, 0.3) is 0 Å². The summed E-state index contributed by atoms with van der Waals surface area (Å²) < 4.78 is 5.88. The maximum absolute atomic E-state index is 9.28. The van der Waals surface area contributed by atoms with Crippen LogP contribution in [0.5, 0.6) is 0 Å². The summed E-state index contributed by atoms with van der Waals surface area (Å²) in [7, 11) is 0. The summed E-state index contributed by atoms with van der Waals surface area (Å²) in [5, 5.41) is 9.28. The second-order valence-electron chi connectivity index (χ2n) is 8.61. The van der Waals surface area contributed by atoms with Crippen molar-refractivity contribution in [3.63, 3.8) is 0 Å². The maximum atomic E-state index is 9.28. The summed E-state index contributed by atoms with van der Waals surface area (Å²) >= 11 is 0. The van der Waals surface area contributed by atoms with Gasteiger partial charge in [-0.05, 0) is 36.1 Å². The van der Waals surface area contributed by atoms with E-state index in [2.05, 4.69) is 66.1 Å². The summed E-state index contributed by atoms with van der Waals surface area (Å²) in [6.45, 7) is 11.2. The predicted molar refractivity (Wildman–Crippen MR) is 127 cm³/mol.